The molecule has 2 aromatic heterocycles. The highest BCUT2D eigenvalue weighted by molar-refractivity contribution is 7.25. The number of thiophene rings is 1. The van der Waals surface area contributed by atoms with Crippen molar-refractivity contribution in [2.24, 2.45) is 0 Å². The lowest BCUT2D eigenvalue weighted by atomic mass is 9.87. The Morgan fingerprint density at radius 2 is 1.15 bits per heavy atom. The van der Waals surface area contributed by atoms with Gasteiger partial charge in [0.1, 0.15) is 11.2 Å². The smallest absolute Gasteiger partial charge is 0.136 e. The zero-order valence-electron chi connectivity index (χ0n) is 21.4. The largest absolute Gasteiger partial charge is 0.456 e. The van der Waals surface area contributed by atoms with Gasteiger partial charge in [-0.3, -0.25) is 0 Å². The molecule has 8 aromatic rings. The predicted octanol–water partition coefficient (Wildman–Crippen LogP) is 10.8. The molecule has 186 valence electrons. The predicted molar refractivity (Wildman–Crippen MR) is 168 cm³/mol. The van der Waals surface area contributed by atoms with Gasteiger partial charge in [-0.25, -0.2) is 0 Å². The Labute approximate surface area is 235 Å². The molecule has 0 saturated carbocycles. The molecule has 0 aliphatic rings. The number of rotatable bonds is 3. The Morgan fingerprint density at radius 3 is 2.02 bits per heavy atom. The van der Waals surface area contributed by atoms with Crippen LogP contribution in [0.15, 0.2) is 132 Å². The molecule has 0 radical (unpaired) electrons. The van der Waals surface area contributed by atoms with Crippen molar-refractivity contribution in [2.75, 3.05) is 0 Å². The lowest BCUT2D eigenvalue weighted by Gasteiger charge is -2.15. The van der Waals surface area contributed by atoms with E-state index in [9.17, 15) is 5.26 Å². The van der Waals surface area contributed by atoms with Crippen LogP contribution in [-0.2, 0) is 0 Å². The first-order valence-corrected chi connectivity index (χ1v) is 14.1. The minimum atomic E-state index is 0.650. The third-order valence-corrected chi connectivity index (χ3v) is 8.89. The van der Waals surface area contributed by atoms with E-state index in [4.69, 9.17) is 4.42 Å². The molecule has 2 nitrogen and oxygen atoms in total. The molecule has 2 heterocycles. The van der Waals surface area contributed by atoms with Gasteiger partial charge in [0, 0.05) is 36.5 Å². The Balaban J connectivity index is 1.41. The summed E-state index contributed by atoms with van der Waals surface area (Å²) < 4.78 is 8.80. The molecule has 3 heteroatoms. The minimum absolute atomic E-state index is 0.650. The molecule has 0 bridgehead atoms. The second-order valence-electron chi connectivity index (χ2n) is 10.0. The van der Waals surface area contributed by atoms with Crippen LogP contribution >= 0.6 is 11.3 Å². The van der Waals surface area contributed by atoms with E-state index in [2.05, 4.69) is 91.0 Å². The average molecular weight is 528 g/mol. The molecule has 0 N–H and O–H groups in total. The maximum absolute atomic E-state index is 10.2. The number of benzene rings is 6. The Bertz CT molecular complexity index is 2280. The quantitative estimate of drug-likeness (QED) is 0.229. The summed E-state index contributed by atoms with van der Waals surface area (Å²) in [5, 5.41) is 15.0. The number of nitrogens with zero attached hydrogens (tertiary/aromatic N) is 1. The monoisotopic (exact) mass is 527 g/mol. The van der Waals surface area contributed by atoms with E-state index in [1.165, 1.54) is 20.2 Å². The molecule has 0 atom stereocenters. The first kappa shape index (κ1) is 22.8. The molecular weight excluding hydrogens is 506 g/mol. The van der Waals surface area contributed by atoms with Gasteiger partial charge in [-0.15, -0.1) is 11.3 Å². The molecule has 0 fully saturated rings. The summed E-state index contributed by atoms with van der Waals surface area (Å²) in [5.41, 5.74) is 8.57. The van der Waals surface area contributed by atoms with Crippen LogP contribution in [-0.4, -0.2) is 0 Å². The highest BCUT2D eigenvalue weighted by Crippen LogP contribution is 2.42. The van der Waals surface area contributed by atoms with Crippen LogP contribution < -0.4 is 0 Å². The topological polar surface area (TPSA) is 36.9 Å². The van der Waals surface area contributed by atoms with Crippen molar-refractivity contribution >= 4 is 53.4 Å². The standard InChI is InChI=1S/C37H21NOS/c38-22-26-19-31(25-14-16-28-27-10-4-6-12-34(27)39-35(28)20-25)32(21-30(26)23-8-2-1-3-9-23)24-15-17-37-33(18-24)29-11-5-7-13-36(29)40-37/h1-21H. The van der Waals surface area contributed by atoms with Gasteiger partial charge in [-0.2, -0.15) is 5.26 Å². The second-order valence-corrected chi connectivity index (χ2v) is 11.1. The zero-order chi connectivity index (χ0) is 26.6. The van der Waals surface area contributed by atoms with Gasteiger partial charge in [0.05, 0.1) is 11.6 Å². The fraction of sp³-hybridized carbons (Fsp3) is 0. The SMILES string of the molecule is N#Cc1cc(-c2ccc3c(c2)oc2ccccc23)c(-c2ccc3sc4ccccc4c3c2)cc1-c1ccccc1. The van der Waals surface area contributed by atoms with Crippen LogP contribution in [0.25, 0.3) is 75.5 Å². The Kier molecular flexibility index (Phi) is 5.10. The molecule has 40 heavy (non-hydrogen) atoms. The molecule has 0 aliphatic heterocycles. The first-order chi connectivity index (χ1) is 19.8. The van der Waals surface area contributed by atoms with Crippen LogP contribution in [0, 0.1) is 11.3 Å². The molecule has 6 aromatic carbocycles. The van der Waals surface area contributed by atoms with Crippen molar-refractivity contribution in [1.82, 2.24) is 0 Å². The first-order valence-electron chi connectivity index (χ1n) is 13.2. The highest BCUT2D eigenvalue weighted by atomic mass is 32.1. The van der Waals surface area contributed by atoms with Gasteiger partial charge in [-0.1, -0.05) is 78.9 Å². The molecule has 0 spiro atoms. The summed E-state index contributed by atoms with van der Waals surface area (Å²) in [7, 11) is 0. The maximum atomic E-state index is 10.2. The van der Waals surface area contributed by atoms with Gasteiger partial charge in [0.25, 0.3) is 0 Å². The van der Waals surface area contributed by atoms with Crippen molar-refractivity contribution in [1.29, 1.82) is 5.26 Å². The molecule has 0 saturated heterocycles. The number of hydrogen-bond donors (Lipinski definition) is 0. The minimum Gasteiger partial charge on any atom is -0.456 e. The zero-order valence-corrected chi connectivity index (χ0v) is 22.2. The van der Waals surface area contributed by atoms with Crippen molar-refractivity contribution in [3.63, 3.8) is 0 Å². The average Bonchev–Trinajstić information content (AvgIpc) is 3.58. The van der Waals surface area contributed by atoms with Crippen LogP contribution in [0.1, 0.15) is 5.56 Å². The number of fused-ring (bicyclic) bond motifs is 6. The fourth-order valence-electron chi connectivity index (χ4n) is 5.81. The molecule has 0 unspecified atom stereocenters. The lowest BCUT2D eigenvalue weighted by Crippen LogP contribution is -1.92. The highest BCUT2D eigenvalue weighted by Gasteiger charge is 2.17. The van der Waals surface area contributed by atoms with Crippen LogP contribution in [0.2, 0.25) is 0 Å². The van der Waals surface area contributed by atoms with Crippen molar-refractivity contribution in [3.05, 3.63) is 133 Å². The van der Waals surface area contributed by atoms with Gasteiger partial charge >= 0.3 is 0 Å². The van der Waals surface area contributed by atoms with Gasteiger partial charge in [0.15, 0.2) is 0 Å². The number of nitriles is 1. The Morgan fingerprint density at radius 1 is 0.475 bits per heavy atom. The van der Waals surface area contributed by atoms with E-state index in [-0.39, 0.29) is 0 Å². The number of furan rings is 1. The Hall–Kier alpha value is -5.17. The van der Waals surface area contributed by atoms with Crippen LogP contribution in [0.4, 0.5) is 0 Å². The van der Waals surface area contributed by atoms with Crippen LogP contribution in [0.3, 0.4) is 0 Å². The van der Waals surface area contributed by atoms with E-state index in [1.807, 2.05) is 53.8 Å². The van der Waals surface area contributed by atoms with Gasteiger partial charge in [0.2, 0.25) is 0 Å². The van der Waals surface area contributed by atoms with E-state index in [1.54, 1.807) is 0 Å². The normalized spacial score (nSPS) is 11.5. The summed E-state index contributed by atoms with van der Waals surface area (Å²) >= 11 is 1.82. The van der Waals surface area contributed by atoms with Crippen molar-refractivity contribution in [2.45, 2.75) is 0 Å². The summed E-state index contributed by atoms with van der Waals surface area (Å²) in [6, 6.07) is 46.7. The van der Waals surface area contributed by atoms with E-state index in [0.29, 0.717) is 5.56 Å². The van der Waals surface area contributed by atoms with E-state index < -0.39 is 0 Å². The van der Waals surface area contributed by atoms with Gasteiger partial charge < -0.3 is 4.42 Å². The third-order valence-electron chi connectivity index (χ3n) is 7.74. The fourth-order valence-corrected chi connectivity index (χ4v) is 6.90. The summed E-state index contributed by atoms with van der Waals surface area (Å²) in [5.74, 6) is 0. The number of hydrogen-bond acceptors (Lipinski definition) is 3. The van der Waals surface area contributed by atoms with E-state index in [0.717, 1.165) is 55.3 Å². The molecule has 8 rings (SSSR count). The summed E-state index contributed by atoms with van der Waals surface area (Å²) in [6.45, 7) is 0. The lowest BCUT2D eigenvalue weighted by molar-refractivity contribution is 0.669. The van der Waals surface area contributed by atoms with Crippen molar-refractivity contribution < 1.29 is 4.42 Å². The number of para-hydroxylation sites is 1. The second kappa shape index (κ2) is 8.95. The molecular formula is C37H21NOS. The third kappa shape index (κ3) is 3.55. The summed E-state index contributed by atoms with van der Waals surface area (Å²) in [6.07, 6.45) is 0. The maximum Gasteiger partial charge on any atom is 0.136 e. The van der Waals surface area contributed by atoms with Gasteiger partial charge in [-0.05, 0) is 76.3 Å². The van der Waals surface area contributed by atoms with Crippen molar-refractivity contribution in [3.8, 4) is 39.4 Å². The summed E-state index contributed by atoms with van der Waals surface area (Å²) in [4.78, 5) is 0. The van der Waals surface area contributed by atoms with E-state index >= 15 is 0 Å². The van der Waals surface area contributed by atoms with Crippen LogP contribution in [0.5, 0.6) is 0 Å². The molecule has 0 amide bonds. The molecule has 0 aliphatic carbocycles.